The van der Waals surface area contributed by atoms with Gasteiger partial charge in [0.1, 0.15) is 0 Å². The third-order valence-electron chi connectivity index (χ3n) is 1.84. The summed E-state index contributed by atoms with van der Waals surface area (Å²) in [4.78, 5) is 0. The van der Waals surface area contributed by atoms with Crippen LogP contribution >= 0.6 is 0 Å². The van der Waals surface area contributed by atoms with Gasteiger partial charge < -0.3 is 5.11 Å². The van der Waals surface area contributed by atoms with Crippen molar-refractivity contribution in [3.63, 3.8) is 0 Å². The highest BCUT2D eigenvalue weighted by Gasteiger charge is 2.20. The monoisotopic (exact) mass is 142 g/mol. The first-order valence-electron chi connectivity index (χ1n) is 3.90. The largest absolute Gasteiger partial charge is 0.512 e. The smallest absolute Gasteiger partial charge is 0.0936 e. The minimum absolute atomic E-state index is 0.0243. The van der Waals surface area contributed by atoms with Crippen molar-refractivity contribution in [2.75, 3.05) is 0 Å². The Morgan fingerprint density at radius 1 is 1.50 bits per heavy atom. The van der Waals surface area contributed by atoms with E-state index in [-0.39, 0.29) is 5.41 Å². The molecule has 0 unspecified atom stereocenters. The lowest BCUT2D eigenvalue weighted by molar-refractivity contribution is 0.242. The van der Waals surface area contributed by atoms with Crippen molar-refractivity contribution in [2.24, 2.45) is 5.41 Å². The van der Waals surface area contributed by atoms with Crippen LogP contribution in [0.25, 0.3) is 0 Å². The molecule has 0 bridgehead atoms. The Labute approximate surface area is 63.8 Å². The first-order valence-corrected chi connectivity index (χ1v) is 3.90. The highest BCUT2D eigenvalue weighted by Crippen LogP contribution is 2.29. The standard InChI is InChI=1S/C9H18O/c1-5-7-9(3,4)8(10)6-2/h6,10H,5,7H2,1-4H3. The van der Waals surface area contributed by atoms with E-state index in [4.69, 9.17) is 0 Å². The molecule has 1 heteroatoms. The van der Waals surface area contributed by atoms with Gasteiger partial charge in [-0.2, -0.15) is 0 Å². The average molecular weight is 142 g/mol. The summed E-state index contributed by atoms with van der Waals surface area (Å²) in [6.45, 7) is 8.12. The highest BCUT2D eigenvalue weighted by atomic mass is 16.3. The summed E-state index contributed by atoms with van der Waals surface area (Å²) in [5, 5.41) is 9.38. The van der Waals surface area contributed by atoms with Crippen molar-refractivity contribution in [1.29, 1.82) is 0 Å². The van der Waals surface area contributed by atoms with E-state index in [2.05, 4.69) is 20.8 Å². The Morgan fingerprint density at radius 3 is 2.30 bits per heavy atom. The summed E-state index contributed by atoms with van der Waals surface area (Å²) in [6, 6.07) is 0. The molecule has 0 aromatic carbocycles. The lowest BCUT2D eigenvalue weighted by Gasteiger charge is -2.22. The molecular formula is C9H18O. The lowest BCUT2D eigenvalue weighted by Crippen LogP contribution is -2.13. The van der Waals surface area contributed by atoms with E-state index in [0.29, 0.717) is 5.76 Å². The molecule has 0 radical (unpaired) electrons. The molecule has 1 N–H and O–H groups in total. The Bertz CT molecular complexity index is 123. The fraction of sp³-hybridized carbons (Fsp3) is 0.778. The number of aliphatic hydroxyl groups excluding tert-OH is 1. The minimum Gasteiger partial charge on any atom is -0.512 e. The SMILES string of the molecule is CC=C(O)C(C)(C)CCC. The summed E-state index contributed by atoms with van der Waals surface area (Å²) < 4.78 is 0. The fourth-order valence-electron chi connectivity index (χ4n) is 1.14. The van der Waals surface area contributed by atoms with Gasteiger partial charge in [-0.15, -0.1) is 0 Å². The van der Waals surface area contributed by atoms with Crippen molar-refractivity contribution >= 4 is 0 Å². The molecule has 0 aliphatic rings. The summed E-state index contributed by atoms with van der Waals surface area (Å²) in [7, 11) is 0. The Kier molecular flexibility index (Phi) is 3.48. The van der Waals surface area contributed by atoms with Crippen LogP contribution in [0.3, 0.4) is 0 Å². The Balaban J connectivity index is 4.10. The van der Waals surface area contributed by atoms with Gasteiger partial charge in [0.25, 0.3) is 0 Å². The van der Waals surface area contributed by atoms with Gasteiger partial charge in [-0.1, -0.05) is 27.2 Å². The predicted octanol–water partition coefficient (Wildman–Crippen LogP) is 3.27. The zero-order valence-corrected chi connectivity index (χ0v) is 7.44. The minimum atomic E-state index is -0.0243. The van der Waals surface area contributed by atoms with Gasteiger partial charge >= 0.3 is 0 Å². The van der Waals surface area contributed by atoms with Crippen LogP contribution in [0.15, 0.2) is 11.8 Å². The molecule has 0 spiro atoms. The molecule has 1 nitrogen and oxygen atoms in total. The zero-order valence-electron chi connectivity index (χ0n) is 7.44. The van der Waals surface area contributed by atoms with Crippen LogP contribution in [0, 0.1) is 5.41 Å². The molecule has 0 heterocycles. The molecule has 0 aliphatic carbocycles. The van der Waals surface area contributed by atoms with Gasteiger partial charge in [-0.3, -0.25) is 0 Å². The molecule has 0 aliphatic heterocycles. The van der Waals surface area contributed by atoms with Gasteiger partial charge in [0.15, 0.2) is 0 Å². The van der Waals surface area contributed by atoms with Crippen LogP contribution in [-0.2, 0) is 0 Å². The predicted molar refractivity (Wildman–Crippen MR) is 45.1 cm³/mol. The Hall–Kier alpha value is -0.460. The van der Waals surface area contributed by atoms with Gasteiger partial charge in [-0.25, -0.2) is 0 Å². The van der Waals surface area contributed by atoms with E-state index >= 15 is 0 Å². The topological polar surface area (TPSA) is 20.2 Å². The van der Waals surface area contributed by atoms with E-state index in [1.165, 1.54) is 0 Å². The van der Waals surface area contributed by atoms with E-state index in [0.717, 1.165) is 12.8 Å². The molecule has 0 aromatic rings. The molecule has 10 heavy (non-hydrogen) atoms. The molecule has 0 aromatic heterocycles. The summed E-state index contributed by atoms with van der Waals surface area (Å²) >= 11 is 0. The molecule has 0 rings (SSSR count). The molecule has 0 fully saturated rings. The summed E-state index contributed by atoms with van der Waals surface area (Å²) in [5.74, 6) is 0.509. The van der Waals surface area contributed by atoms with E-state index in [1.807, 2.05) is 6.92 Å². The molecule has 0 saturated heterocycles. The second-order valence-electron chi connectivity index (χ2n) is 3.31. The number of hydrogen-bond donors (Lipinski definition) is 1. The van der Waals surface area contributed by atoms with Crippen molar-refractivity contribution < 1.29 is 5.11 Å². The summed E-state index contributed by atoms with van der Waals surface area (Å²) in [5.41, 5.74) is -0.0243. The second-order valence-corrected chi connectivity index (χ2v) is 3.31. The third-order valence-corrected chi connectivity index (χ3v) is 1.84. The molecule has 0 amide bonds. The van der Waals surface area contributed by atoms with Gasteiger partial charge in [-0.05, 0) is 19.4 Å². The van der Waals surface area contributed by atoms with Crippen LogP contribution in [0.2, 0.25) is 0 Å². The van der Waals surface area contributed by atoms with Crippen molar-refractivity contribution in [3.05, 3.63) is 11.8 Å². The zero-order chi connectivity index (χ0) is 8.20. The van der Waals surface area contributed by atoms with Crippen molar-refractivity contribution in [2.45, 2.75) is 40.5 Å². The van der Waals surface area contributed by atoms with Gasteiger partial charge in [0.2, 0.25) is 0 Å². The van der Waals surface area contributed by atoms with Crippen LogP contribution in [0.4, 0.5) is 0 Å². The third kappa shape index (κ3) is 2.42. The number of allylic oxidation sites excluding steroid dienone is 2. The number of aliphatic hydroxyl groups is 1. The first kappa shape index (κ1) is 9.54. The molecular weight excluding hydrogens is 124 g/mol. The molecule has 0 saturated carbocycles. The van der Waals surface area contributed by atoms with Crippen LogP contribution in [0.1, 0.15) is 40.5 Å². The number of rotatable bonds is 3. The van der Waals surface area contributed by atoms with Gasteiger partial charge in [0, 0.05) is 5.41 Å². The lowest BCUT2D eigenvalue weighted by atomic mass is 9.86. The molecule has 0 atom stereocenters. The van der Waals surface area contributed by atoms with Crippen LogP contribution in [-0.4, -0.2) is 5.11 Å². The summed E-state index contributed by atoms with van der Waals surface area (Å²) in [6.07, 6.45) is 3.93. The maximum Gasteiger partial charge on any atom is 0.0936 e. The van der Waals surface area contributed by atoms with E-state index in [1.54, 1.807) is 6.08 Å². The maximum atomic E-state index is 9.38. The van der Waals surface area contributed by atoms with E-state index in [9.17, 15) is 5.11 Å². The van der Waals surface area contributed by atoms with Crippen molar-refractivity contribution in [3.8, 4) is 0 Å². The molecule has 60 valence electrons. The maximum absolute atomic E-state index is 9.38. The van der Waals surface area contributed by atoms with Gasteiger partial charge in [0.05, 0.1) is 5.76 Å². The second kappa shape index (κ2) is 3.65. The van der Waals surface area contributed by atoms with Crippen LogP contribution < -0.4 is 0 Å². The fourth-order valence-corrected chi connectivity index (χ4v) is 1.14. The van der Waals surface area contributed by atoms with Crippen molar-refractivity contribution in [1.82, 2.24) is 0 Å². The average Bonchev–Trinajstić information content (AvgIpc) is 1.86. The number of hydrogen-bond acceptors (Lipinski definition) is 1. The van der Waals surface area contributed by atoms with Crippen LogP contribution in [0.5, 0.6) is 0 Å². The quantitative estimate of drug-likeness (QED) is 0.599. The highest BCUT2D eigenvalue weighted by molar-refractivity contribution is 5.00. The normalized spacial score (nSPS) is 13.8. The first-order chi connectivity index (χ1) is 4.54. The van der Waals surface area contributed by atoms with E-state index < -0.39 is 0 Å². The Morgan fingerprint density at radius 2 is 2.00 bits per heavy atom.